The molecule has 1 fully saturated rings. The number of aromatic nitrogens is 1. The molecule has 0 radical (unpaired) electrons. The monoisotopic (exact) mass is 624 g/mol. The van der Waals surface area contributed by atoms with Crippen LogP contribution in [0, 0.1) is 10.1 Å². The number of esters is 1. The third-order valence-corrected chi connectivity index (χ3v) is 9.89. The van der Waals surface area contributed by atoms with Gasteiger partial charge in [-0.05, 0) is 52.8 Å². The van der Waals surface area contributed by atoms with Gasteiger partial charge in [-0.2, -0.15) is 0 Å². The number of ether oxygens (including phenoxy) is 2. The van der Waals surface area contributed by atoms with Gasteiger partial charge < -0.3 is 14.8 Å². The number of para-hydroxylation sites is 2. The van der Waals surface area contributed by atoms with Gasteiger partial charge in [0.1, 0.15) is 23.8 Å². The van der Waals surface area contributed by atoms with Crippen molar-refractivity contribution in [2.24, 2.45) is 0 Å². The lowest BCUT2D eigenvalue weighted by atomic mass is 10.1. The van der Waals surface area contributed by atoms with Gasteiger partial charge in [0.15, 0.2) is 10.9 Å². The summed E-state index contributed by atoms with van der Waals surface area (Å²) in [7, 11) is 2.30. The summed E-state index contributed by atoms with van der Waals surface area (Å²) in [6.45, 7) is -0.693. The molecule has 3 aromatic carbocycles. The first-order valence-corrected chi connectivity index (χ1v) is 15.3. The molecule has 0 unspecified atom stereocenters. The van der Waals surface area contributed by atoms with E-state index in [4.69, 9.17) is 9.47 Å². The van der Waals surface area contributed by atoms with Crippen LogP contribution >= 0.6 is 32.9 Å². The van der Waals surface area contributed by atoms with Crippen molar-refractivity contribution in [1.82, 2.24) is 15.2 Å². The number of hydrogen-bond donors (Lipinski definition) is 1. The number of benzene rings is 3. The fraction of sp³-hybridized carbons (Fsp3) is 0.148. The summed E-state index contributed by atoms with van der Waals surface area (Å²) in [6, 6.07) is 20.3. The molecule has 0 bridgehead atoms. The molecule has 2 heterocycles. The van der Waals surface area contributed by atoms with Crippen LogP contribution in [0.4, 0.5) is 5.69 Å². The van der Waals surface area contributed by atoms with E-state index in [0.29, 0.717) is 15.7 Å². The highest BCUT2D eigenvalue weighted by molar-refractivity contribution is 8.77. The average Bonchev–Trinajstić information content (AvgIpc) is 3.43. The summed E-state index contributed by atoms with van der Waals surface area (Å²) >= 11 is 1.42. The molecule has 12 nitrogen and oxygen atoms in total. The van der Waals surface area contributed by atoms with E-state index in [1.165, 1.54) is 46.4 Å². The van der Waals surface area contributed by atoms with Gasteiger partial charge in [-0.15, -0.1) is 11.3 Å². The number of carbonyl (C=O) groups is 4. The second kappa shape index (κ2) is 13.0. The van der Waals surface area contributed by atoms with Crippen molar-refractivity contribution in [3.63, 3.8) is 0 Å². The third kappa shape index (κ3) is 6.70. The molecule has 15 heteroatoms. The second-order valence-electron chi connectivity index (χ2n) is 8.68. The van der Waals surface area contributed by atoms with Crippen LogP contribution in [0.15, 0.2) is 83.2 Å². The minimum atomic E-state index is -1.28. The molecule has 1 N–H and O–H groups in total. The Bertz CT molecular complexity index is 1620. The minimum absolute atomic E-state index is 0.139. The van der Waals surface area contributed by atoms with Crippen LogP contribution in [0.3, 0.4) is 0 Å². The van der Waals surface area contributed by atoms with Crippen LogP contribution in [-0.2, 0) is 30.5 Å². The van der Waals surface area contributed by atoms with Gasteiger partial charge in [-0.1, -0.05) is 41.1 Å². The number of fused-ring (bicyclic) bond motifs is 1. The van der Waals surface area contributed by atoms with E-state index in [9.17, 15) is 29.3 Å². The molecular formula is C27H20N4O8S3. The van der Waals surface area contributed by atoms with Crippen molar-refractivity contribution in [2.45, 2.75) is 22.4 Å². The zero-order valence-electron chi connectivity index (χ0n) is 21.4. The second-order valence-corrected chi connectivity index (χ2v) is 12.3. The maximum atomic E-state index is 13.0. The van der Waals surface area contributed by atoms with E-state index < -0.39 is 40.0 Å². The standard InChI is InChI=1S/C27H20N4O8S3/c32-21(15-38-18-6-2-1-3-7-18)29-22-23(33)30(25(22)41-42-27-28-19-8-4-5-9-20(19)40-27)24(34)26(35)39-14-16-10-12-17(13-11-16)31(36)37/h1-13,22,25H,14-15H2,(H,29,32)/t22-,25-/m1/s1. The number of amides is 3. The Hall–Kier alpha value is -4.47. The van der Waals surface area contributed by atoms with Crippen molar-refractivity contribution < 1.29 is 33.6 Å². The number of nitro benzene ring substituents is 1. The summed E-state index contributed by atoms with van der Waals surface area (Å²) in [4.78, 5) is 66.7. The zero-order valence-corrected chi connectivity index (χ0v) is 23.9. The quantitative estimate of drug-likeness (QED) is 0.0680. The van der Waals surface area contributed by atoms with Gasteiger partial charge >= 0.3 is 11.9 Å². The molecule has 0 saturated carbocycles. The van der Waals surface area contributed by atoms with Crippen LogP contribution in [0.2, 0.25) is 0 Å². The van der Waals surface area contributed by atoms with Crippen LogP contribution in [0.1, 0.15) is 5.56 Å². The molecular weight excluding hydrogens is 605 g/mol. The topological polar surface area (TPSA) is 158 Å². The highest BCUT2D eigenvalue weighted by atomic mass is 33.1. The predicted octanol–water partition coefficient (Wildman–Crippen LogP) is 3.95. The number of likely N-dealkylation sites (tertiary alicyclic amines) is 1. The molecule has 214 valence electrons. The Morgan fingerprint density at radius 3 is 2.45 bits per heavy atom. The fourth-order valence-electron chi connectivity index (χ4n) is 3.79. The van der Waals surface area contributed by atoms with E-state index in [1.54, 1.807) is 30.3 Å². The third-order valence-electron chi connectivity index (χ3n) is 5.88. The maximum Gasteiger partial charge on any atom is 0.397 e. The normalized spacial score (nSPS) is 16.0. The van der Waals surface area contributed by atoms with Gasteiger partial charge in [0.05, 0.1) is 15.1 Å². The molecule has 0 spiro atoms. The van der Waals surface area contributed by atoms with Gasteiger partial charge in [-0.3, -0.25) is 29.4 Å². The van der Waals surface area contributed by atoms with Gasteiger partial charge in [0.2, 0.25) is 0 Å². The summed E-state index contributed by atoms with van der Waals surface area (Å²) in [5.74, 6) is -3.37. The van der Waals surface area contributed by atoms with Crippen molar-refractivity contribution in [2.75, 3.05) is 6.61 Å². The Labute approximate surface area is 249 Å². The Morgan fingerprint density at radius 1 is 1.02 bits per heavy atom. The molecule has 1 saturated heterocycles. The number of carbonyl (C=O) groups excluding carboxylic acids is 4. The van der Waals surface area contributed by atoms with E-state index >= 15 is 0 Å². The molecule has 4 aromatic rings. The van der Waals surface area contributed by atoms with Gasteiger partial charge in [-0.25, -0.2) is 9.78 Å². The lowest BCUT2D eigenvalue weighted by Crippen LogP contribution is -2.71. The smallest absolute Gasteiger partial charge is 0.397 e. The number of nitro groups is 1. The largest absolute Gasteiger partial charge is 0.484 e. The first kappa shape index (κ1) is 29.0. The van der Waals surface area contributed by atoms with Crippen LogP contribution in [0.25, 0.3) is 10.2 Å². The van der Waals surface area contributed by atoms with Gasteiger partial charge in [0.25, 0.3) is 17.5 Å². The number of rotatable bonds is 10. The maximum absolute atomic E-state index is 13.0. The fourth-order valence-corrected chi connectivity index (χ4v) is 7.70. The van der Waals surface area contributed by atoms with Crippen LogP contribution < -0.4 is 10.1 Å². The number of hydrogen-bond acceptors (Lipinski definition) is 12. The number of imide groups is 1. The molecule has 0 aliphatic carbocycles. The number of nitrogens with one attached hydrogen (secondary N) is 1. The van der Waals surface area contributed by atoms with E-state index in [-0.39, 0.29) is 18.9 Å². The van der Waals surface area contributed by atoms with Gasteiger partial charge in [0, 0.05) is 12.1 Å². The Kier molecular flexibility index (Phi) is 9.00. The summed E-state index contributed by atoms with van der Waals surface area (Å²) in [5, 5.41) is 12.5. The highest BCUT2D eigenvalue weighted by Crippen LogP contribution is 2.44. The van der Waals surface area contributed by atoms with Crippen molar-refractivity contribution in [3.05, 3.63) is 94.5 Å². The van der Waals surface area contributed by atoms with Crippen molar-refractivity contribution >= 4 is 72.5 Å². The molecule has 5 rings (SSSR count). The number of β-lactam (4-membered cyclic amide) rings is 1. The summed E-state index contributed by atoms with van der Waals surface area (Å²) < 4.78 is 12.1. The van der Waals surface area contributed by atoms with Crippen LogP contribution in [0.5, 0.6) is 5.75 Å². The predicted molar refractivity (Wildman–Crippen MR) is 155 cm³/mol. The lowest BCUT2D eigenvalue weighted by molar-refractivity contribution is -0.384. The Morgan fingerprint density at radius 2 is 1.74 bits per heavy atom. The molecule has 1 aliphatic rings. The van der Waals surface area contributed by atoms with Crippen LogP contribution in [-0.4, -0.2) is 56.5 Å². The summed E-state index contributed by atoms with van der Waals surface area (Å²) in [6.07, 6.45) is 0. The van der Waals surface area contributed by atoms with E-state index in [0.717, 1.165) is 25.9 Å². The molecule has 3 amide bonds. The molecule has 1 aromatic heterocycles. The molecule has 2 atom stereocenters. The van der Waals surface area contributed by atoms with E-state index in [2.05, 4.69) is 10.3 Å². The number of non-ortho nitro benzene ring substituents is 1. The minimum Gasteiger partial charge on any atom is -0.484 e. The zero-order chi connectivity index (χ0) is 29.6. The first-order chi connectivity index (χ1) is 20.3. The first-order valence-electron chi connectivity index (χ1n) is 12.2. The van der Waals surface area contributed by atoms with Crippen molar-refractivity contribution in [3.8, 4) is 5.75 Å². The number of nitrogens with zero attached hydrogens (tertiary/aromatic N) is 3. The SMILES string of the molecule is O=C(COc1ccccc1)N[C@@H]1C(=O)N(C(=O)C(=O)OCc2ccc([N+](=O)[O-])cc2)[C@@H]1SSc1nc2ccccc2s1. The molecule has 42 heavy (non-hydrogen) atoms. The number of thiazole rings is 1. The average molecular weight is 625 g/mol. The lowest BCUT2D eigenvalue weighted by Gasteiger charge is -2.43. The summed E-state index contributed by atoms with van der Waals surface area (Å²) in [5.41, 5.74) is 1.07. The Balaban J connectivity index is 1.24. The highest BCUT2D eigenvalue weighted by Gasteiger charge is 2.54. The van der Waals surface area contributed by atoms with E-state index in [1.807, 2.05) is 24.3 Å². The van der Waals surface area contributed by atoms with Crippen molar-refractivity contribution in [1.29, 1.82) is 0 Å². The molecule has 1 aliphatic heterocycles.